The fourth-order valence-electron chi connectivity index (χ4n) is 3.20. The number of rotatable bonds is 7. The van der Waals surface area contributed by atoms with E-state index in [4.69, 9.17) is 14.2 Å². The molecular weight excluding hydrogens is 478 g/mol. The first-order chi connectivity index (χ1) is 15.3. The number of thioether (sulfide) groups is 1. The van der Waals surface area contributed by atoms with Gasteiger partial charge in [-0.15, -0.1) is 16.4 Å². The first-order valence-corrected chi connectivity index (χ1v) is 13.1. The van der Waals surface area contributed by atoms with Crippen LogP contribution in [0.1, 0.15) is 15.4 Å². The van der Waals surface area contributed by atoms with Crippen molar-refractivity contribution < 1.29 is 27.4 Å². The Morgan fingerprint density at radius 2 is 2.22 bits per heavy atom. The highest BCUT2D eigenvalue weighted by Crippen LogP contribution is 2.27. The maximum absolute atomic E-state index is 13.2. The Kier molecular flexibility index (Phi) is 6.67. The van der Waals surface area contributed by atoms with E-state index in [2.05, 4.69) is 15.1 Å². The predicted octanol–water partition coefficient (Wildman–Crippen LogP) is 1.47. The molecule has 1 fully saturated rings. The molecule has 0 aromatic carbocycles. The molecule has 4 heterocycles. The number of esters is 1. The molecule has 172 valence electrons. The number of sulfonamides is 1. The largest absolute Gasteiger partial charge is 0.475 e. The number of ether oxygens (including phenoxy) is 3. The molecule has 0 saturated carbocycles. The lowest BCUT2D eigenvalue weighted by Gasteiger charge is -2.31. The SMILES string of the molecule is COC(=O)c1sccc1S(=O)(=O)N1CCOC(COc2cc(C)nc3nc(SC)nn23)C1. The average Bonchev–Trinajstić information content (AvgIpc) is 3.44. The van der Waals surface area contributed by atoms with Gasteiger partial charge in [0.25, 0.3) is 5.78 Å². The third-order valence-corrected chi connectivity index (χ3v) is 8.18. The van der Waals surface area contributed by atoms with Crippen molar-refractivity contribution in [3.63, 3.8) is 0 Å². The minimum atomic E-state index is -3.89. The molecule has 1 aliphatic heterocycles. The van der Waals surface area contributed by atoms with Gasteiger partial charge in [0, 0.05) is 24.8 Å². The molecule has 1 unspecified atom stereocenters. The van der Waals surface area contributed by atoms with Crippen LogP contribution in [0.4, 0.5) is 0 Å². The van der Waals surface area contributed by atoms with Gasteiger partial charge in [-0.3, -0.25) is 0 Å². The van der Waals surface area contributed by atoms with Gasteiger partial charge in [-0.25, -0.2) is 18.2 Å². The molecule has 0 aliphatic carbocycles. The van der Waals surface area contributed by atoms with Crippen LogP contribution < -0.4 is 4.74 Å². The number of fused-ring (bicyclic) bond motifs is 1. The number of morpholine rings is 1. The maximum Gasteiger partial charge on any atom is 0.349 e. The van der Waals surface area contributed by atoms with E-state index in [-0.39, 0.29) is 36.1 Å². The van der Waals surface area contributed by atoms with E-state index in [0.29, 0.717) is 22.5 Å². The molecule has 0 bridgehead atoms. The van der Waals surface area contributed by atoms with Gasteiger partial charge in [0.1, 0.15) is 22.5 Å². The van der Waals surface area contributed by atoms with Crippen molar-refractivity contribution in [1.82, 2.24) is 23.9 Å². The number of aryl methyl sites for hydroxylation is 1. The van der Waals surface area contributed by atoms with Crippen LogP contribution in [-0.2, 0) is 19.5 Å². The number of hydrogen-bond donors (Lipinski definition) is 0. The Labute approximate surface area is 192 Å². The van der Waals surface area contributed by atoms with Gasteiger partial charge < -0.3 is 14.2 Å². The average molecular weight is 500 g/mol. The standard InChI is InChI=1S/C18H21N5O6S3/c1-11-8-14(23-17(19-11)20-18(21-23)30-3)29-10-12-9-22(5-6-28-12)32(25,26)13-4-7-31-15(13)16(24)27-2/h4,7-8,12H,5-6,9-10H2,1-3H3. The van der Waals surface area contributed by atoms with Gasteiger partial charge in [-0.05, 0) is 24.6 Å². The summed E-state index contributed by atoms with van der Waals surface area (Å²) in [4.78, 5) is 20.6. The zero-order valence-corrected chi connectivity index (χ0v) is 20.0. The zero-order valence-electron chi connectivity index (χ0n) is 17.5. The second-order valence-corrected chi connectivity index (χ2v) is 10.4. The number of methoxy groups -OCH3 is 1. The van der Waals surface area contributed by atoms with Gasteiger partial charge >= 0.3 is 5.97 Å². The summed E-state index contributed by atoms with van der Waals surface area (Å²) in [5, 5.41) is 6.47. The highest BCUT2D eigenvalue weighted by Gasteiger charge is 2.34. The summed E-state index contributed by atoms with van der Waals surface area (Å²) in [6.45, 7) is 2.39. The first-order valence-electron chi connectivity index (χ1n) is 9.52. The van der Waals surface area contributed by atoms with Crippen LogP contribution in [0.2, 0.25) is 0 Å². The number of carbonyl (C=O) groups excluding carboxylic acids is 1. The van der Waals surface area contributed by atoms with Gasteiger partial charge in [0.2, 0.25) is 21.1 Å². The minimum absolute atomic E-state index is 0.0530. The van der Waals surface area contributed by atoms with Crippen LogP contribution in [0.15, 0.2) is 27.6 Å². The van der Waals surface area contributed by atoms with Crippen LogP contribution in [0.5, 0.6) is 5.88 Å². The Hall–Kier alpha value is -2.26. The number of nitrogens with zero attached hydrogens (tertiary/aromatic N) is 5. The molecule has 0 radical (unpaired) electrons. The van der Waals surface area contributed by atoms with Gasteiger partial charge in [-0.2, -0.15) is 13.8 Å². The monoisotopic (exact) mass is 499 g/mol. The van der Waals surface area contributed by atoms with E-state index >= 15 is 0 Å². The van der Waals surface area contributed by atoms with E-state index in [9.17, 15) is 13.2 Å². The first kappa shape index (κ1) is 22.9. The summed E-state index contributed by atoms with van der Waals surface area (Å²) in [5.41, 5.74) is 0.717. The number of hydrogen-bond acceptors (Lipinski definition) is 11. The van der Waals surface area contributed by atoms with Crippen molar-refractivity contribution in [1.29, 1.82) is 0 Å². The molecule has 0 N–H and O–H groups in total. The van der Waals surface area contributed by atoms with Crippen molar-refractivity contribution in [3.8, 4) is 5.88 Å². The van der Waals surface area contributed by atoms with Crippen molar-refractivity contribution >= 4 is 44.9 Å². The molecule has 1 saturated heterocycles. The lowest BCUT2D eigenvalue weighted by Crippen LogP contribution is -2.47. The highest BCUT2D eigenvalue weighted by molar-refractivity contribution is 7.98. The Bertz CT molecular complexity index is 1240. The lowest BCUT2D eigenvalue weighted by atomic mass is 10.3. The fraction of sp³-hybridized carbons (Fsp3) is 0.444. The number of carbonyl (C=O) groups is 1. The van der Waals surface area contributed by atoms with Crippen molar-refractivity contribution in [2.75, 3.05) is 39.7 Å². The molecule has 14 heteroatoms. The van der Waals surface area contributed by atoms with Gasteiger partial charge in [0.15, 0.2) is 0 Å². The summed E-state index contributed by atoms with van der Waals surface area (Å²) in [7, 11) is -2.68. The van der Waals surface area contributed by atoms with E-state index in [0.717, 1.165) is 11.3 Å². The molecule has 3 aromatic rings. The molecule has 1 atom stereocenters. The molecule has 0 amide bonds. The molecule has 11 nitrogen and oxygen atoms in total. The molecule has 0 spiro atoms. The zero-order chi connectivity index (χ0) is 22.9. The Morgan fingerprint density at radius 1 is 1.41 bits per heavy atom. The van der Waals surface area contributed by atoms with Crippen molar-refractivity contribution in [2.45, 2.75) is 23.1 Å². The minimum Gasteiger partial charge on any atom is -0.475 e. The predicted molar refractivity (Wildman–Crippen MR) is 117 cm³/mol. The quantitative estimate of drug-likeness (QED) is 0.348. The van der Waals surface area contributed by atoms with Gasteiger partial charge in [0.05, 0.1) is 13.7 Å². The van der Waals surface area contributed by atoms with Crippen LogP contribution >= 0.6 is 23.1 Å². The van der Waals surface area contributed by atoms with Crippen LogP contribution in [0.3, 0.4) is 0 Å². The summed E-state index contributed by atoms with van der Waals surface area (Å²) in [6.07, 6.45) is 1.36. The summed E-state index contributed by atoms with van der Waals surface area (Å²) in [5.74, 6) is 0.182. The Morgan fingerprint density at radius 3 is 2.97 bits per heavy atom. The maximum atomic E-state index is 13.2. The van der Waals surface area contributed by atoms with Crippen molar-refractivity contribution in [2.24, 2.45) is 0 Å². The van der Waals surface area contributed by atoms with Gasteiger partial charge in [-0.1, -0.05) is 11.8 Å². The molecule has 4 rings (SSSR count). The third-order valence-electron chi connectivity index (χ3n) is 4.71. The van der Waals surface area contributed by atoms with Crippen LogP contribution in [0, 0.1) is 6.92 Å². The normalized spacial score (nSPS) is 17.5. The summed E-state index contributed by atoms with van der Waals surface area (Å²) >= 11 is 2.42. The molecular formula is C18H21N5O6S3. The highest BCUT2D eigenvalue weighted by atomic mass is 32.2. The molecule has 1 aliphatic rings. The fourth-order valence-corrected chi connectivity index (χ4v) is 6.30. The number of aromatic nitrogens is 4. The summed E-state index contributed by atoms with van der Waals surface area (Å²) in [6, 6.07) is 3.15. The second-order valence-electron chi connectivity index (χ2n) is 6.82. The number of thiophene rings is 1. The van der Waals surface area contributed by atoms with Crippen LogP contribution in [0.25, 0.3) is 5.78 Å². The lowest BCUT2D eigenvalue weighted by molar-refractivity contribution is -0.0261. The van der Waals surface area contributed by atoms with Crippen molar-refractivity contribution in [3.05, 3.63) is 28.1 Å². The molecule has 3 aromatic heterocycles. The third kappa shape index (κ3) is 4.45. The second kappa shape index (κ2) is 9.31. The van der Waals surface area contributed by atoms with E-state index < -0.39 is 22.1 Å². The summed E-state index contributed by atoms with van der Waals surface area (Å²) < 4.78 is 45.5. The van der Waals surface area contributed by atoms with Crippen LogP contribution in [-0.4, -0.2) is 84.0 Å². The smallest absolute Gasteiger partial charge is 0.349 e. The van der Waals surface area contributed by atoms with E-state index in [1.165, 1.54) is 33.8 Å². The van der Waals surface area contributed by atoms with E-state index in [1.54, 1.807) is 11.4 Å². The molecule has 32 heavy (non-hydrogen) atoms. The van der Waals surface area contributed by atoms with E-state index in [1.807, 2.05) is 13.2 Å². The Balaban J connectivity index is 1.50. The topological polar surface area (TPSA) is 125 Å².